The van der Waals surface area contributed by atoms with E-state index in [9.17, 15) is 18.0 Å². The summed E-state index contributed by atoms with van der Waals surface area (Å²) in [5.41, 5.74) is 0.0855. The second kappa shape index (κ2) is 8.76. The molecular formula is C19H16ClF3O3. The van der Waals surface area contributed by atoms with Crippen LogP contribution >= 0.6 is 11.6 Å². The molecule has 0 atom stereocenters. The van der Waals surface area contributed by atoms with E-state index in [1.807, 2.05) is 0 Å². The van der Waals surface area contributed by atoms with E-state index in [0.29, 0.717) is 22.9 Å². The van der Waals surface area contributed by atoms with Crippen molar-refractivity contribution in [1.82, 2.24) is 0 Å². The average Bonchev–Trinajstić information content (AvgIpc) is 2.59. The van der Waals surface area contributed by atoms with Crippen molar-refractivity contribution in [1.29, 1.82) is 0 Å². The van der Waals surface area contributed by atoms with Gasteiger partial charge in [-0.2, -0.15) is 13.2 Å². The lowest BCUT2D eigenvalue weighted by atomic mass is 10.1. The number of hydrogen-bond donors (Lipinski definition) is 0. The van der Waals surface area contributed by atoms with E-state index in [-0.39, 0.29) is 18.6 Å². The van der Waals surface area contributed by atoms with Crippen molar-refractivity contribution in [2.75, 3.05) is 6.61 Å². The van der Waals surface area contributed by atoms with Gasteiger partial charge in [0, 0.05) is 0 Å². The highest BCUT2D eigenvalue weighted by molar-refractivity contribution is 6.32. The summed E-state index contributed by atoms with van der Waals surface area (Å²) in [5.74, 6) is -0.106. The summed E-state index contributed by atoms with van der Waals surface area (Å²) >= 11 is 6.06. The third-order valence-electron chi connectivity index (χ3n) is 3.36. The molecule has 0 amide bonds. The molecule has 2 aromatic carbocycles. The molecule has 0 heterocycles. The minimum atomic E-state index is -4.44. The number of carbonyl (C=O) groups excluding carboxylic acids is 1. The number of hydrogen-bond acceptors (Lipinski definition) is 3. The Hall–Kier alpha value is -2.47. The lowest BCUT2D eigenvalue weighted by Crippen LogP contribution is -2.09. The summed E-state index contributed by atoms with van der Waals surface area (Å²) in [5, 5.41) is 0.343. The van der Waals surface area contributed by atoms with E-state index in [1.54, 1.807) is 24.3 Å². The highest BCUT2D eigenvalue weighted by Gasteiger charge is 2.30. The fourth-order valence-corrected chi connectivity index (χ4v) is 2.40. The lowest BCUT2D eigenvalue weighted by Gasteiger charge is -2.10. The number of carbonyl (C=O) groups is 1. The molecule has 2 aromatic rings. The van der Waals surface area contributed by atoms with Gasteiger partial charge in [-0.1, -0.05) is 42.5 Å². The van der Waals surface area contributed by atoms with Gasteiger partial charge in [0.25, 0.3) is 0 Å². The highest BCUT2D eigenvalue weighted by atomic mass is 35.5. The number of rotatable bonds is 7. The first-order chi connectivity index (χ1) is 12.3. The Labute approximate surface area is 154 Å². The maximum Gasteiger partial charge on any atom is 0.416 e. The Bertz CT molecular complexity index is 788. The SMILES string of the molecule is C=CCOc1ccc(CC(=O)OCc2cccc(C(F)(F)F)c2)cc1Cl. The van der Waals surface area contributed by atoms with Crippen LogP contribution in [0.25, 0.3) is 0 Å². The van der Waals surface area contributed by atoms with Gasteiger partial charge in [-0.25, -0.2) is 0 Å². The Morgan fingerprint density at radius 1 is 1.15 bits per heavy atom. The van der Waals surface area contributed by atoms with Crippen molar-refractivity contribution in [2.45, 2.75) is 19.2 Å². The summed E-state index contributed by atoms with van der Waals surface area (Å²) < 4.78 is 48.4. The molecule has 7 heteroatoms. The molecule has 0 saturated heterocycles. The topological polar surface area (TPSA) is 35.5 Å². The van der Waals surface area contributed by atoms with Gasteiger partial charge in [0.05, 0.1) is 17.0 Å². The first-order valence-corrected chi connectivity index (χ1v) is 8.01. The van der Waals surface area contributed by atoms with E-state index in [4.69, 9.17) is 21.1 Å². The van der Waals surface area contributed by atoms with E-state index < -0.39 is 17.7 Å². The molecule has 0 bridgehead atoms. The van der Waals surface area contributed by atoms with Gasteiger partial charge in [-0.15, -0.1) is 0 Å². The lowest BCUT2D eigenvalue weighted by molar-refractivity contribution is -0.144. The van der Waals surface area contributed by atoms with Crippen LogP contribution < -0.4 is 4.74 Å². The van der Waals surface area contributed by atoms with E-state index in [2.05, 4.69) is 6.58 Å². The Morgan fingerprint density at radius 2 is 1.92 bits per heavy atom. The quantitative estimate of drug-likeness (QED) is 0.485. The van der Waals surface area contributed by atoms with Gasteiger partial charge < -0.3 is 9.47 Å². The maximum absolute atomic E-state index is 12.7. The van der Waals surface area contributed by atoms with Crippen LogP contribution in [0, 0.1) is 0 Å². The van der Waals surface area contributed by atoms with Crippen molar-refractivity contribution in [3.05, 3.63) is 76.8 Å². The molecule has 0 aliphatic rings. The second-order valence-electron chi connectivity index (χ2n) is 5.40. The molecular weight excluding hydrogens is 369 g/mol. The van der Waals surface area contributed by atoms with Crippen molar-refractivity contribution in [2.24, 2.45) is 0 Å². The molecule has 2 rings (SSSR count). The number of esters is 1. The molecule has 0 aliphatic heterocycles. The zero-order chi connectivity index (χ0) is 19.2. The largest absolute Gasteiger partial charge is 0.488 e. The number of ether oxygens (including phenoxy) is 2. The summed E-state index contributed by atoms with van der Waals surface area (Å²) in [6.07, 6.45) is -2.91. The molecule has 0 radical (unpaired) electrons. The normalized spacial score (nSPS) is 11.1. The Morgan fingerprint density at radius 3 is 2.58 bits per heavy atom. The van der Waals surface area contributed by atoms with Crippen LogP contribution in [0.5, 0.6) is 5.75 Å². The summed E-state index contributed by atoms with van der Waals surface area (Å²) in [6.45, 7) is 3.60. The predicted molar refractivity (Wildman–Crippen MR) is 92.1 cm³/mol. The smallest absolute Gasteiger partial charge is 0.416 e. The molecule has 0 N–H and O–H groups in total. The zero-order valence-corrected chi connectivity index (χ0v) is 14.4. The van der Waals surface area contributed by atoms with Crippen LogP contribution in [0.2, 0.25) is 5.02 Å². The molecule has 0 aromatic heterocycles. The molecule has 0 aliphatic carbocycles. The van der Waals surface area contributed by atoms with Crippen molar-refractivity contribution >= 4 is 17.6 Å². The summed E-state index contributed by atoms with van der Waals surface area (Å²) in [4.78, 5) is 11.9. The minimum Gasteiger partial charge on any atom is -0.488 e. The van der Waals surface area contributed by atoms with Crippen molar-refractivity contribution in [3.63, 3.8) is 0 Å². The van der Waals surface area contributed by atoms with Crippen LogP contribution in [-0.4, -0.2) is 12.6 Å². The molecule has 0 saturated carbocycles. The van der Waals surface area contributed by atoms with Gasteiger partial charge in [0.1, 0.15) is 19.0 Å². The summed E-state index contributed by atoms with van der Waals surface area (Å²) in [6, 6.07) is 9.51. The second-order valence-corrected chi connectivity index (χ2v) is 5.81. The van der Waals surface area contributed by atoms with E-state index in [0.717, 1.165) is 12.1 Å². The minimum absolute atomic E-state index is 0.0551. The fraction of sp³-hybridized carbons (Fsp3) is 0.211. The van der Waals surface area contributed by atoms with Crippen LogP contribution in [-0.2, 0) is 28.7 Å². The molecule has 138 valence electrons. The number of alkyl halides is 3. The standard InChI is InChI=1S/C19H16ClF3O3/c1-2-8-25-17-7-6-13(10-16(17)20)11-18(24)26-12-14-4-3-5-15(9-14)19(21,22)23/h2-7,9-10H,1,8,11-12H2. The first-order valence-electron chi connectivity index (χ1n) is 7.63. The van der Waals surface area contributed by atoms with Crippen LogP contribution in [0.1, 0.15) is 16.7 Å². The van der Waals surface area contributed by atoms with Gasteiger partial charge in [0.15, 0.2) is 0 Å². The van der Waals surface area contributed by atoms with Gasteiger partial charge in [-0.05, 0) is 35.4 Å². The Balaban J connectivity index is 1.93. The Kier molecular flexibility index (Phi) is 6.69. The third-order valence-corrected chi connectivity index (χ3v) is 3.65. The molecule has 26 heavy (non-hydrogen) atoms. The van der Waals surface area contributed by atoms with Crippen LogP contribution in [0.4, 0.5) is 13.2 Å². The van der Waals surface area contributed by atoms with Crippen molar-refractivity contribution in [3.8, 4) is 5.75 Å². The number of halogens is 4. The van der Waals surface area contributed by atoms with Crippen LogP contribution in [0.15, 0.2) is 55.1 Å². The van der Waals surface area contributed by atoms with Gasteiger partial charge in [0.2, 0.25) is 0 Å². The maximum atomic E-state index is 12.7. The van der Waals surface area contributed by atoms with Crippen LogP contribution in [0.3, 0.4) is 0 Å². The van der Waals surface area contributed by atoms with E-state index >= 15 is 0 Å². The highest BCUT2D eigenvalue weighted by Crippen LogP contribution is 2.29. The molecule has 0 fully saturated rings. The fourth-order valence-electron chi connectivity index (χ4n) is 2.14. The molecule has 3 nitrogen and oxygen atoms in total. The molecule has 0 unspecified atom stereocenters. The molecule has 0 spiro atoms. The first kappa shape index (κ1) is 19.8. The van der Waals surface area contributed by atoms with Gasteiger partial charge >= 0.3 is 12.1 Å². The average molecular weight is 385 g/mol. The summed E-state index contributed by atoms with van der Waals surface area (Å²) in [7, 11) is 0. The van der Waals surface area contributed by atoms with E-state index in [1.165, 1.54) is 12.1 Å². The zero-order valence-electron chi connectivity index (χ0n) is 13.7. The number of benzene rings is 2. The van der Waals surface area contributed by atoms with Gasteiger partial charge in [-0.3, -0.25) is 4.79 Å². The predicted octanol–water partition coefficient (Wildman–Crippen LogP) is 5.21. The van der Waals surface area contributed by atoms with Crippen molar-refractivity contribution < 1.29 is 27.4 Å². The monoisotopic (exact) mass is 384 g/mol. The third kappa shape index (κ3) is 5.81.